The van der Waals surface area contributed by atoms with Crippen molar-refractivity contribution in [2.24, 2.45) is 34.5 Å². The summed E-state index contributed by atoms with van der Waals surface area (Å²) in [5.41, 5.74) is -1.84. The van der Waals surface area contributed by atoms with Crippen molar-refractivity contribution in [2.45, 2.75) is 68.2 Å². The van der Waals surface area contributed by atoms with Crippen LogP contribution in [0.3, 0.4) is 0 Å². The molecule has 0 aliphatic heterocycles. The lowest BCUT2D eigenvalue weighted by molar-refractivity contribution is -0.175. The number of carbonyl (C=O) groups is 2. The zero-order valence-corrected chi connectivity index (χ0v) is 15.4. The van der Waals surface area contributed by atoms with Crippen molar-refractivity contribution < 1.29 is 19.8 Å². The third-order valence-electron chi connectivity index (χ3n) is 5.00. The van der Waals surface area contributed by atoms with E-state index in [0.717, 1.165) is 0 Å². The van der Waals surface area contributed by atoms with Gasteiger partial charge in [0.2, 0.25) is 0 Å². The molecule has 0 amide bonds. The van der Waals surface area contributed by atoms with Crippen molar-refractivity contribution in [1.82, 2.24) is 0 Å². The van der Waals surface area contributed by atoms with E-state index in [4.69, 9.17) is 0 Å². The van der Waals surface area contributed by atoms with Crippen LogP contribution in [0.25, 0.3) is 0 Å². The van der Waals surface area contributed by atoms with E-state index >= 15 is 0 Å². The molecule has 22 heavy (non-hydrogen) atoms. The molecule has 0 heterocycles. The largest absolute Gasteiger partial charge is 0.481 e. The SMILES string of the molecule is CC(C)CC(CC(C)C)(C(=O)O)C(C(=O)O)C(C)(C)C(C)C. The predicted molar refractivity (Wildman–Crippen MR) is 88.7 cm³/mol. The molecular weight excluding hydrogens is 280 g/mol. The topological polar surface area (TPSA) is 74.6 Å². The second-order valence-electron chi connectivity index (χ2n) is 8.40. The predicted octanol–water partition coefficient (Wildman–Crippen LogP) is 4.53. The Morgan fingerprint density at radius 3 is 1.41 bits per heavy atom. The second-order valence-corrected chi connectivity index (χ2v) is 8.40. The number of hydrogen-bond acceptors (Lipinski definition) is 2. The third-order valence-corrected chi connectivity index (χ3v) is 5.00. The van der Waals surface area contributed by atoms with Gasteiger partial charge in [-0.05, 0) is 36.0 Å². The fourth-order valence-corrected chi connectivity index (χ4v) is 3.67. The summed E-state index contributed by atoms with van der Waals surface area (Å²) in [5, 5.41) is 19.9. The minimum atomic E-state index is -1.23. The summed E-state index contributed by atoms with van der Waals surface area (Å²) in [6, 6.07) is 0. The van der Waals surface area contributed by atoms with Crippen molar-refractivity contribution in [2.75, 3.05) is 0 Å². The van der Waals surface area contributed by atoms with Crippen LogP contribution in [-0.2, 0) is 9.59 Å². The highest BCUT2D eigenvalue weighted by Gasteiger charge is 2.56. The molecule has 2 N–H and O–H groups in total. The molecular formula is C18H34O4. The third kappa shape index (κ3) is 4.47. The zero-order chi connectivity index (χ0) is 17.9. The van der Waals surface area contributed by atoms with E-state index < -0.39 is 28.7 Å². The Kier molecular flexibility index (Phi) is 7.11. The van der Waals surface area contributed by atoms with Crippen molar-refractivity contribution in [3.8, 4) is 0 Å². The van der Waals surface area contributed by atoms with Gasteiger partial charge >= 0.3 is 11.9 Å². The van der Waals surface area contributed by atoms with Crippen LogP contribution in [0.15, 0.2) is 0 Å². The molecule has 4 heteroatoms. The van der Waals surface area contributed by atoms with E-state index in [9.17, 15) is 19.8 Å². The van der Waals surface area contributed by atoms with Gasteiger partial charge in [-0.3, -0.25) is 9.59 Å². The Balaban J connectivity index is 6.28. The summed E-state index contributed by atoms with van der Waals surface area (Å²) in [5.74, 6) is -2.56. The van der Waals surface area contributed by atoms with Gasteiger partial charge in [0, 0.05) is 0 Å². The number of carboxylic acid groups (broad SMARTS) is 2. The zero-order valence-electron chi connectivity index (χ0n) is 15.4. The normalized spacial score (nSPS) is 14.7. The smallest absolute Gasteiger partial charge is 0.310 e. The van der Waals surface area contributed by atoms with Crippen LogP contribution in [0.4, 0.5) is 0 Å². The van der Waals surface area contributed by atoms with E-state index in [-0.39, 0.29) is 17.8 Å². The highest BCUT2D eigenvalue weighted by atomic mass is 16.4. The Labute approximate surface area is 135 Å². The summed E-state index contributed by atoms with van der Waals surface area (Å²) in [7, 11) is 0. The van der Waals surface area contributed by atoms with Crippen molar-refractivity contribution >= 4 is 11.9 Å². The fourth-order valence-electron chi connectivity index (χ4n) is 3.67. The lowest BCUT2D eigenvalue weighted by Crippen LogP contribution is -2.52. The van der Waals surface area contributed by atoms with Gasteiger partial charge < -0.3 is 10.2 Å². The molecule has 4 nitrogen and oxygen atoms in total. The average Bonchev–Trinajstić information content (AvgIpc) is 2.24. The standard InChI is InChI=1S/C18H34O4/c1-11(2)9-18(16(21)22,10-12(3)4)14(15(19)20)17(7,8)13(5)6/h11-14H,9-10H2,1-8H3,(H,19,20)(H,21,22). The number of carboxylic acids is 2. The van der Waals surface area contributed by atoms with Crippen LogP contribution in [0.1, 0.15) is 68.2 Å². The van der Waals surface area contributed by atoms with E-state index in [2.05, 4.69) is 0 Å². The fraction of sp³-hybridized carbons (Fsp3) is 0.889. The van der Waals surface area contributed by atoms with Gasteiger partial charge in [0.15, 0.2) is 0 Å². The van der Waals surface area contributed by atoms with Crippen LogP contribution in [0.2, 0.25) is 0 Å². The van der Waals surface area contributed by atoms with Crippen LogP contribution in [-0.4, -0.2) is 22.2 Å². The lowest BCUT2D eigenvalue weighted by atomic mass is 9.55. The summed E-state index contributed by atoms with van der Waals surface area (Å²) in [6.07, 6.45) is 0.765. The van der Waals surface area contributed by atoms with Crippen molar-refractivity contribution in [3.05, 3.63) is 0 Å². The monoisotopic (exact) mass is 314 g/mol. The van der Waals surface area contributed by atoms with Gasteiger partial charge in [-0.15, -0.1) is 0 Å². The van der Waals surface area contributed by atoms with E-state index in [1.807, 2.05) is 55.4 Å². The first-order chi connectivity index (χ1) is 9.79. The van der Waals surface area contributed by atoms with E-state index in [1.165, 1.54) is 0 Å². The quantitative estimate of drug-likeness (QED) is 0.655. The molecule has 0 aromatic rings. The summed E-state index contributed by atoms with van der Waals surface area (Å²) in [4.78, 5) is 24.3. The van der Waals surface area contributed by atoms with Crippen molar-refractivity contribution in [3.63, 3.8) is 0 Å². The minimum absolute atomic E-state index is 0.0756. The number of hydrogen-bond donors (Lipinski definition) is 2. The maximum atomic E-state index is 12.2. The van der Waals surface area contributed by atoms with Gasteiger partial charge in [0.25, 0.3) is 0 Å². The number of aliphatic carboxylic acids is 2. The summed E-state index contributed by atoms with van der Waals surface area (Å²) >= 11 is 0. The first kappa shape index (κ1) is 20.9. The highest BCUT2D eigenvalue weighted by Crippen LogP contribution is 2.51. The first-order valence-electron chi connectivity index (χ1n) is 8.25. The van der Waals surface area contributed by atoms with Crippen LogP contribution >= 0.6 is 0 Å². The van der Waals surface area contributed by atoms with Gasteiger partial charge in [-0.1, -0.05) is 55.4 Å². The van der Waals surface area contributed by atoms with Crippen LogP contribution in [0.5, 0.6) is 0 Å². The van der Waals surface area contributed by atoms with Gasteiger partial charge in [-0.2, -0.15) is 0 Å². The highest BCUT2D eigenvalue weighted by molar-refractivity contribution is 5.84. The van der Waals surface area contributed by atoms with Gasteiger partial charge in [0.05, 0.1) is 11.3 Å². The van der Waals surface area contributed by atoms with E-state index in [0.29, 0.717) is 12.8 Å². The Hall–Kier alpha value is -1.06. The molecule has 0 rings (SSSR count). The Morgan fingerprint density at radius 1 is 0.864 bits per heavy atom. The molecule has 0 aliphatic carbocycles. The maximum absolute atomic E-state index is 12.2. The van der Waals surface area contributed by atoms with E-state index in [1.54, 1.807) is 0 Å². The summed E-state index contributed by atoms with van der Waals surface area (Å²) < 4.78 is 0. The molecule has 1 unspecified atom stereocenters. The molecule has 130 valence electrons. The Bertz CT molecular complexity index is 384. The second kappa shape index (κ2) is 7.47. The summed E-state index contributed by atoms with van der Waals surface area (Å²) in [6.45, 7) is 15.5. The number of rotatable bonds is 9. The maximum Gasteiger partial charge on any atom is 0.310 e. The first-order valence-corrected chi connectivity index (χ1v) is 8.25. The molecule has 0 aromatic heterocycles. The molecule has 0 aliphatic rings. The van der Waals surface area contributed by atoms with Crippen LogP contribution < -0.4 is 0 Å². The average molecular weight is 314 g/mol. The molecule has 1 atom stereocenters. The van der Waals surface area contributed by atoms with Crippen molar-refractivity contribution in [1.29, 1.82) is 0 Å². The van der Waals surface area contributed by atoms with Gasteiger partial charge in [-0.25, -0.2) is 0 Å². The molecule has 0 aromatic carbocycles. The van der Waals surface area contributed by atoms with Gasteiger partial charge in [0.1, 0.15) is 0 Å². The Morgan fingerprint density at radius 2 is 1.23 bits per heavy atom. The minimum Gasteiger partial charge on any atom is -0.481 e. The molecule has 0 radical (unpaired) electrons. The lowest BCUT2D eigenvalue weighted by Gasteiger charge is -2.47. The molecule has 0 bridgehead atoms. The molecule has 0 saturated heterocycles. The molecule has 0 saturated carbocycles. The molecule has 0 spiro atoms. The van der Waals surface area contributed by atoms with Crippen LogP contribution in [0, 0.1) is 34.5 Å². The molecule has 0 fully saturated rings.